The minimum atomic E-state index is 0.188. The van der Waals surface area contributed by atoms with Crippen LogP contribution in [0.3, 0.4) is 0 Å². The van der Waals surface area contributed by atoms with Gasteiger partial charge in [-0.1, -0.05) is 6.42 Å². The molecular formula is C14H23N3. The highest BCUT2D eigenvalue weighted by atomic mass is 15.3. The van der Waals surface area contributed by atoms with E-state index in [-0.39, 0.29) is 6.04 Å². The molecule has 2 aliphatic carbocycles. The fourth-order valence-corrected chi connectivity index (χ4v) is 4.00. The molecule has 4 atom stereocenters. The van der Waals surface area contributed by atoms with Gasteiger partial charge in [-0.25, -0.2) is 0 Å². The van der Waals surface area contributed by atoms with Crippen molar-refractivity contribution in [2.24, 2.45) is 30.5 Å². The van der Waals surface area contributed by atoms with Gasteiger partial charge in [0.05, 0.1) is 6.20 Å². The monoisotopic (exact) mass is 233 g/mol. The average molecular weight is 233 g/mol. The van der Waals surface area contributed by atoms with Crippen molar-refractivity contribution in [2.45, 2.75) is 45.1 Å². The van der Waals surface area contributed by atoms with Crippen LogP contribution < -0.4 is 5.73 Å². The highest BCUT2D eigenvalue weighted by Gasteiger charge is 2.40. The van der Waals surface area contributed by atoms with E-state index in [1.807, 2.05) is 17.9 Å². The summed E-state index contributed by atoms with van der Waals surface area (Å²) in [5, 5.41) is 4.30. The molecule has 2 bridgehead atoms. The molecule has 2 fully saturated rings. The summed E-state index contributed by atoms with van der Waals surface area (Å²) >= 11 is 0. The van der Waals surface area contributed by atoms with Crippen LogP contribution in [-0.2, 0) is 7.05 Å². The lowest BCUT2D eigenvalue weighted by Gasteiger charge is -2.24. The van der Waals surface area contributed by atoms with Crippen LogP contribution in [0.5, 0.6) is 0 Å². The molecule has 0 aliphatic heterocycles. The smallest absolute Gasteiger partial charge is 0.0540 e. The number of hydrogen-bond acceptors (Lipinski definition) is 2. The lowest BCUT2D eigenvalue weighted by molar-refractivity contribution is 0.296. The van der Waals surface area contributed by atoms with Crippen molar-refractivity contribution in [1.29, 1.82) is 0 Å². The van der Waals surface area contributed by atoms with E-state index >= 15 is 0 Å². The van der Waals surface area contributed by atoms with Gasteiger partial charge in [-0.05, 0) is 50.4 Å². The molecule has 1 aromatic heterocycles. The zero-order chi connectivity index (χ0) is 12.0. The first-order valence-electron chi connectivity index (χ1n) is 6.89. The van der Waals surface area contributed by atoms with Crippen LogP contribution in [0.25, 0.3) is 0 Å². The molecule has 0 aromatic carbocycles. The minimum absolute atomic E-state index is 0.188. The molecule has 2 aliphatic rings. The van der Waals surface area contributed by atoms with Gasteiger partial charge < -0.3 is 5.73 Å². The number of rotatable bonds is 3. The average Bonchev–Trinajstić information content (AvgIpc) is 2.96. The fraction of sp³-hybridized carbons (Fsp3) is 0.786. The first-order chi connectivity index (χ1) is 8.15. The van der Waals surface area contributed by atoms with Gasteiger partial charge in [0.15, 0.2) is 0 Å². The second kappa shape index (κ2) is 4.13. The van der Waals surface area contributed by atoms with Crippen LogP contribution in [0.4, 0.5) is 0 Å². The number of aryl methyl sites for hydroxylation is 1. The quantitative estimate of drug-likeness (QED) is 0.872. The van der Waals surface area contributed by atoms with E-state index in [4.69, 9.17) is 5.73 Å². The van der Waals surface area contributed by atoms with Crippen molar-refractivity contribution >= 4 is 0 Å². The summed E-state index contributed by atoms with van der Waals surface area (Å²) in [7, 11) is 1.99. The normalized spacial score (nSPS) is 33.2. The largest absolute Gasteiger partial charge is 0.324 e. The van der Waals surface area contributed by atoms with E-state index in [9.17, 15) is 0 Å². The molecule has 0 spiro atoms. The molecule has 3 heteroatoms. The Balaban J connectivity index is 1.67. The molecule has 2 saturated carbocycles. The van der Waals surface area contributed by atoms with Crippen LogP contribution in [0, 0.1) is 24.7 Å². The Kier molecular flexibility index (Phi) is 2.74. The maximum atomic E-state index is 6.37. The molecular weight excluding hydrogens is 210 g/mol. The zero-order valence-electron chi connectivity index (χ0n) is 10.9. The Morgan fingerprint density at radius 2 is 2.29 bits per heavy atom. The van der Waals surface area contributed by atoms with Crippen molar-refractivity contribution in [3.05, 3.63) is 17.5 Å². The third-order valence-electron chi connectivity index (χ3n) is 5.11. The standard InChI is InChI=1S/C14H23N3/c1-9-13(8-16-17(9)2)14(15)7-12-6-10-3-4-11(12)5-10/h8,10-12,14H,3-7,15H2,1-2H3. The van der Waals surface area contributed by atoms with Gasteiger partial charge in [-0.2, -0.15) is 5.10 Å². The lowest BCUT2D eigenvalue weighted by Crippen LogP contribution is -2.20. The molecule has 0 radical (unpaired) electrons. The molecule has 1 heterocycles. The van der Waals surface area contributed by atoms with Gasteiger partial charge in [-0.3, -0.25) is 4.68 Å². The Bertz CT molecular complexity index is 410. The summed E-state index contributed by atoms with van der Waals surface area (Å²) in [5.74, 6) is 2.87. The van der Waals surface area contributed by atoms with Crippen LogP contribution in [0.2, 0.25) is 0 Å². The van der Waals surface area contributed by atoms with E-state index < -0.39 is 0 Å². The minimum Gasteiger partial charge on any atom is -0.324 e. The Morgan fingerprint density at radius 3 is 2.82 bits per heavy atom. The summed E-state index contributed by atoms with van der Waals surface area (Å²) in [6, 6.07) is 0.188. The van der Waals surface area contributed by atoms with Crippen molar-refractivity contribution in [3.63, 3.8) is 0 Å². The maximum absolute atomic E-state index is 6.37. The van der Waals surface area contributed by atoms with Crippen LogP contribution in [0.1, 0.15) is 49.4 Å². The van der Waals surface area contributed by atoms with E-state index in [0.29, 0.717) is 0 Å². The van der Waals surface area contributed by atoms with Crippen LogP contribution in [-0.4, -0.2) is 9.78 Å². The predicted molar refractivity (Wildman–Crippen MR) is 68.4 cm³/mol. The first-order valence-corrected chi connectivity index (χ1v) is 6.89. The first kappa shape index (κ1) is 11.3. The van der Waals surface area contributed by atoms with Crippen molar-refractivity contribution in [2.75, 3.05) is 0 Å². The second-order valence-corrected chi connectivity index (χ2v) is 6.09. The molecule has 1 aromatic rings. The summed E-state index contributed by atoms with van der Waals surface area (Å²) < 4.78 is 1.93. The molecule has 2 N–H and O–H groups in total. The molecule has 3 nitrogen and oxygen atoms in total. The fourth-order valence-electron chi connectivity index (χ4n) is 4.00. The number of fused-ring (bicyclic) bond motifs is 2. The van der Waals surface area contributed by atoms with E-state index in [1.54, 1.807) is 0 Å². The topological polar surface area (TPSA) is 43.8 Å². The van der Waals surface area contributed by atoms with E-state index in [2.05, 4.69) is 12.0 Å². The van der Waals surface area contributed by atoms with Gasteiger partial charge in [0.2, 0.25) is 0 Å². The third kappa shape index (κ3) is 1.90. The van der Waals surface area contributed by atoms with Gasteiger partial charge in [-0.15, -0.1) is 0 Å². The molecule has 3 rings (SSSR count). The highest BCUT2D eigenvalue weighted by molar-refractivity contribution is 5.20. The lowest BCUT2D eigenvalue weighted by atomic mass is 9.83. The van der Waals surface area contributed by atoms with E-state index in [1.165, 1.54) is 36.9 Å². The van der Waals surface area contributed by atoms with Crippen LogP contribution in [0.15, 0.2) is 6.20 Å². The molecule has 0 saturated heterocycles. The number of nitrogens with two attached hydrogens (primary N) is 1. The number of hydrogen-bond donors (Lipinski definition) is 1. The van der Waals surface area contributed by atoms with Crippen molar-refractivity contribution in [3.8, 4) is 0 Å². The zero-order valence-corrected chi connectivity index (χ0v) is 10.9. The van der Waals surface area contributed by atoms with E-state index in [0.717, 1.165) is 24.2 Å². The van der Waals surface area contributed by atoms with Crippen LogP contribution >= 0.6 is 0 Å². The predicted octanol–water partition coefficient (Wildman–Crippen LogP) is 2.55. The SMILES string of the molecule is Cc1c(C(N)CC2CC3CCC2C3)cnn1C. The summed E-state index contributed by atoms with van der Waals surface area (Å²) in [5.41, 5.74) is 8.84. The Hall–Kier alpha value is -0.830. The summed E-state index contributed by atoms with van der Waals surface area (Å²) in [6.07, 6.45) is 8.94. The molecule has 0 amide bonds. The third-order valence-corrected chi connectivity index (χ3v) is 5.11. The highest BCUT2D eigenvalue weighted by Crippen LogP contribution is 2.50. The summed E-state index contributed by atoms with van der Waals surface area (Å²) in [4.78, 5) is 0. The molecule has 94 valence electrons. The Labute approximate surface area is 103 Å². The van der Waals surface area contributed by atoms with Crippen molar-refractivity contribution in [1.82, 2.24) is 9.78 Å². The van der Waals surface area contributed by atoms with Gasteiger partial charge in [0, 0.05) is 24.3 Å². The van der Waals surface area contributed by atoms with Gasteiger partial charge in [0.25, 0.3) is 0 Å². The Morgan fingerprint density at radius 1 is 1.47 bits per heavy atom. The second-order valence-electron chi connectivity index (χ2n) is 6.09. The number of nitrogens with zero attached hydrogens (tertiary/aromatic N) is 2. The maximum Gasteiger partial charge on any atom is 0.0540 e. The number of aromatic nitrogens is 2. The molecule has 4 unspecified atom stereocenters. The van der Waals surface area contributed by atoms with Crippen molar-refractivity contribution < 1.29 is 0 Å². The van der Waals surface area contributed by atoms with Gasteiger partial charge >= 0.3 is 0 Å². The van der Waals surface area contributed by atoms with Gasteiger partial charge in [0.1, 0.15) is 0 Å². The molecule has 17 heavy (non-hydrogen) atoms. The summed E-state index contributed by atoms with van der Waals surface area (Å²) in [6.45, 7) is 2.11.